The van der Waals surface area contributed by atoms with Gasteiger partial charge in [-0.15, -0.1) is 23.1 Å². The normalized spacial score (nSPS) is 15.9. The molecule has 1 fully saturated rings. The summed E-state index contributed by atoms with van der Waals surface area (Å²) in [6, 6.07) is 0. The minimum absolute atomic E-state index is 0.00144. The maximum absolute atomic E-state index is 12.1. The van der Waals surface area contributed by atoms with Gasteiger partial charge in [0, 0.05) is 5.92 Å². The molecule has 18 heavy (non-hydrogen) atoms. The molecular weight excluding hydrogens is 290 g/mol. The Labute approximate surface area is 115 Å². The first-order chi connectivity index (χ1) is 8.42. The highest BCUT2D eigenvalue weighted by molar-refractivity contribution is 8.01. The lowest BCUT2D eigenvalue weighted by Gasteiger charge is -2.03. The molecule has 4 nitrogen and oxygen atoms in total. The van der Waals surface area contributed by atoms with Crippen LogP contribution in [-0.4, -0.2) is 26.2 Å². The highest BCUT2D eigenvalue weighted by Crippen LogP contribution is 2.44. The fourth-order valence-corrected chi connectivity index (χ4v) is 5.62. The van der Waals surface area contributed by atoms with Gasteiger partial charge in [-0.25, -0.2) is 8.42 Å². The van der Waals surface area contributed by atoms with E-state index in [0.29, 0.717) is 9.09 Å². The summed E-state index contributed by atoms with van der Waals surface area (Å²) in [4.78, 5) is 12.6. The minimum atomic E-state index is -3.38. The predicted molar refractivity (Wildman–Crippen MR) is 75.3 cm³/mol. The van der Waals surface area contributed by atoms with Crippen LogP contribution in [0.4, 0.5) is 5.69 Å². The van der Waals surface area contributed by atoms with Crippen molar-refractivity contribution in [3.63, 3.8) is 0 Å². The smallest absolute Gasteiger partial charge is 0.182 e. The molecule has 1 heterocycles. The zero-order chi connectivity index (χ0) is 13.5. The standard InChI is InChI=1S/C11H15NO3S3/c1-3-18(14,15)10-7(12)9(17-11(10)16-2)8(13)6-4-5-6/h6H,3-5,12H2,1-2H3. The van der Waals surface area contributed by atoms with Gasteiger partial charge in [0.15, 0.2) is 15.6 Å². The predicted octanol–water partition coefficient (Wildman–Crippen LogP) is 2.44. The Balaban J connectivity index is 2.56. The monoisotopic (exact) mass is 305 g/mol. The second-order valence-electron chi connectivity index (χ2n) is 4.21. The maximum atomic E-state index is 12.1. The first-order valence-corrected chi connectivity index (χ1v) is 9.35. The summed E-state index contributed by atoms with van der Waals surface area (Å²) in [6.07, 6.45) is 3.58. The number of nitrogen functional groups attached to an aromatic ring is 1. The Morgan fingerprint density at radius 2 is 2.11 bits per heavy atom. The number of anilines is 1. The number of thiophene rings is 1. The molecule has 2 rings (SSSR count). The average molecular weight is 305 g/mol. The number of thioether (sulfide) groups is 1. The van der Waals surface area contributed by atoms with Gasteiger partial charge in [-0.1, -0.05) is 6.92 Å². The van der Waals surface area contributed by atoms with Crippen LogP contribution < -0.4 is 5.73 Å². The largest absolute Gasteiger partial charge is 0.396 e. The number of rotatable bonds is 5. The van der Waals surface area contributed by atoms with E-state index in [-0.39, 0.29) is 28.0 Å². The van der Waals surface area contributed by atoms with Gasteiger partial charge in [0.05, 0.1) is 20.5 Å². The van der Waals surface area contributed by atoms with Crippen LogP contribution in [0, 0.1) is 5.92 Å². The summed E-state index contributed by atoms with van der Waals surface area (Å²) < 4.78 is 24.7. The molecule has 100 valence electrons. The van der Waals surface area contributed by atoms with Gasteiger partial charge >= 0.3 is 0 Å². The molecule has 0 atom stereocenters. The fourth-order valence-electron chi connectivity index (χ4n) is 1.69. The lowest BCUT2D eigenvalue weighted by molar-refractivity contribution is 0.0972. The van der Waals surface area contributed by atoms with Gasteiger partial charge in [-0.3, -0.25) is 4.79 Å². The van der Waals surface area contributed by atoms with Crippen LogP contribution in [0.2, 0.25) is 0 Å². The molecule has 1 aromatic rings. The van der Waals surface area contributed by atoms with Crippen molar-refractivity contribution in [1.29, 1.82) is 0 Å². The maximum Gasteiger partial charge on any atom is 0.182 e. The number of sulfone groups is 1. The molecule has 0 spiro atoms. The number of nitrogens with two attached hydrogens (primary N) is 1. The van der Waals surface area contributed by atoms with Gasteiger partial charge in [-0.05, 0) is 19.1 Å². The summed E-state index contributed by atoms with van der Waals surface area (Å²) in [5.41, 5.74) is 6.06. The first kappa shape index (κ1) is 13.9. The third-order valence-corrected chi connectivity index (χ3v) is 7.32. The Bertz CT molecular complexity index is 585. The minimum Gasteiger partial charge on any atom is -0.396 e. The number of hydrogen-bond acceptors (Lipinski definition) is 6. The van der Waals surface area contributed by atoms with Crippen molar-refractivity contribution in [3.8, 4) is 0 Å². The second kappa shape index (κ2) is 4.86. The van der Waals surface area contributed by atoms with E-state index in [2.05, 4.69) is 0 Å². The molecule has 1 saturated carbocycles. The highest BCUT2D eigenvalue weighted by Gasteiger charge is 2.35. The van der Waals surface area contributed by atoms with Crippen molar-refractivity contribution in [3.05, 3.63) is 4.88 Å². The molecule has 1 aliphatic carbocycles. The van der Waals surface area contributed by atoms with Crippen molar-refractivity contribution < 1.29 is 13.2 Å². The Hall–Kier alpha value is -0.530. The second-order valence-corrected chi connectivity index (χ2v) is 8.52. The van der Waals surface area contributed by atoms with Crippen molar-refractivity contribution in [2.75, 3.05) is 17.7 Å². The summed E-state index contributed by atoms with van der Waals surface area (Å²) in [5.74, 6) is 0.0571. The zero-order valence-electron chi connectivity index (χ0n) is 10.2. The quantitative estimate of drug-likeness (QED) is 0.668. The van der Waals surface area contributed by atoms with Gasteiger partial charge in [-0.2, -0.15) is 0 Å². The highest BCUT2D eigenvalue weighted by atomic mass is 32.2. The molecule has 2 N–H and O–H groups in total. The molecule has 1 aliphatic rings. The molecule has 0 amide bonds. The van der Waals surface area contributed by atoms with Gasteiger partial charge in [0.25, 0.3) is 0 Å². The molecular formula is C11H15NO3S3. The Morgan fingerprint density at radius 3 is 2.56 bits per heavy atom. The van der Waals surface area contributed by atoms with E-state index < -0.39 is 9.84 Å². The zero-order valence-corrected chi connectivity index (χ0v) is 12.7. The first-order valence-electron chi connectivity index (χ1n) is 5.65. The van der Waals surface area contributed by atoms with Crippen molar-refractivity contribution in [2.45, 2.75) is 28.9 Å². The van der Waals surface area contributed by atoms with E-state index in [9.17, 15) is 13.2 Å². The van der Waals surface area contributed by atoms with Crippen LogP contribution in [-0.2, 0) is 9.84 Å². The molecule has 0 bridgehead atoms. The molecule has 0 aliphatic heterocycles. The van der Waals surface area contributed by atoms with Crippen LogP contribution in [0.3, 0.4) is 0 Å². The molecule has 0 radical (unpaired) electrons. The summed E-state index contributed by atoms with van der Waals surface area (Å²) in [7, 11) is -3.38. The van der Waals surface area contributed by atoms with E-state index in [1.807, 2.05) is 0 Å². The number of Topliss-reactive ketones (excluding diaryl/α,β-unsaturated/α-hetero) is 1. The summed E-state index contributed by atoms with van der Waals surface area (Å²) in [6.45, 7) is 1.58. The van der Waals surface area contributed by atoms with Crippen LogP contribution in [0.25, 0.3) is 0 Å². The SMILES string of the molecule is CCS(=O)(=O)c1c(SC)sc(C(=O)C2CC2)c1N. The van der Waals surface area contributed by atoms with E-state index in [1.54, 1.807) is 13.2 Å². The van der Waals surface area contributed by atoms with Crippen LogP contribution >= 0.6 is 23.1 Å². The molecule has 1 aromatic heterocycles. The van der Waals surface area contributed by atoms with Crippen LogP contribution in [0.15, 0.2) is 9.10 Å². The van der Waals surface area contributed by atoms with Crippen LogP contribution in [0.1, 0.15) is 29.4 Å². The molecule has 7 heteroatoms. The third kappa shape index (κ3) is 2.31. The van der Waals surface area contributed by atoms with E-state index >= 15 is 0 Å². The number of carbonyl (C=O) groups excluding carboxylic acids is 1. The average Bonchev–Trinajstić information content (AvgIpc) is 3.12. The van der Waals surface area contributed by atoms with Crippen LogP contribution in [0.5, 0.6) is 0 Å². The van der Waals surface area contributed by atoms with Crippen molar-refractivity contribution in [1.82, 2.24) is 0 Å². The van der Waals surface area contributed by atoms with Gasteiger partial charge < -0.3 is 5.73 Å². The molecule has 0 saturated heterocycles. The van der Waals surface area contributed by atoms with E-state index in [4.69, 9.17) is 5.73 Å². The lowest BCUT2D eigenvalue weighted by atomic mass is 10.2. The van der Waals surface area contributed by atoms with E-state index in [1.165, 1.54) is 23.1 Å². The van der Waals surface area contributed by atoms with Gasteiger partial charge in [0.2, 0.25) is 0 Å². The topological polar surface area (TPSA) is 77.2 Å². The third-order valence-electron chi connectivity index (χ3n) is 2.92. The number of carbonyl (C=O) groups is 1. The van der Waals surface area contributed by atoms with Gasteiger partial charge in [0.1, 0.15) is 4.90 Å². The Kier molecular flexibility index (Phi) is 3.75. The molecule has 0 unspecified atom stereocenters. The van der Waals surface area contributed by atoms with Crippen molar-refractivity contribution in [2.24, 2.45) is 5.92 Å². The van der Waals surface area contributed by atoms with E-state index in [0.717, 1.165) is 12.8 Å². The summed E-state index contributed by atoms with van der Waals surface area (Å²) in [5, 5.41) is 0. The van der Waals surface area contributed by atoms with Crippen molar-refractivity contribution >= 4 is 44.4 Å². The molecule has 0 aromatic carbocycles. The summed E-state index contributed by atoms with van der Waals surface area (Å²) >= 11 is 2.54. The number of ketones is 1. The fraction of sp³-hybridized carbons (Fsp3) is 0.545. The lowest BCUT2D eigenvalue weighted by Crippen LogP contribution is -2.08. The number of hydrogen-bond donors (Lipinski definition) is 1. The Morgan fingerprint density at radius 1 is 1.50 bits per heavy atom.